The maximum Gasteiger partial charge on any atom is 0.351 e. The molecule has 0 aromatic heterocycles. The Kier molecular flexibility index (Phi) is 6.34. The van der Waals surface area contributed by atoms with E-state index in [9.17, 15) is 9.90 Å². The van der Waals surface area contributed by atoms with Crippen molar-refractivity contribution in [2.75, 3.05) is 19.0 Å². The van der Waals surface area contributed by atoms with Crippen LogP contribution in [0.4, 0.5) is 0 Å². The van der Waals surface area contributed by atoms with E-state index in [0.717, 1.165) is 12.3 Å². The van der Waals surface area contributed by atoms with E-state index in [4.69, 9.17) is 10.8 Å². The Labute approximate surface area is 110 Å². The molecule has 0 saturated heterocycles. The molecule has 18 heavy (non-hydrogen) atoms. The molecule has 1 aliphatic heterocycles. The number of carboxylic acid groups (broad SMARTS) is 1. The number of aliphatic hydroxyl groups excluding tert-OH is 1. The van der Waals surface area contributed by atoms with E-state index in [-0.39, 0.29) is 11.0 Å². The summed E-state index contributed by atoms with van der Waals surface area (Å²) in [7, 11) is 0. The predicted molar refractivity (Wildman–Crippen MR) is 72.8 cm³/mol. The average Bonchev–Trinajstić information content (AvgIpc) is 2.67. The first-order valence-corrected chi connectivity index (χ1v) is 6.82. The van der Waals surface area contributed by atoms with Crippen molar-refractivity contribution >= 4 is 23.4 Å². The van der Waals surface area contributed by atoms with Crippen LogP contribution in [-0.2, 0) is 4.79 Å². The van der Waals surface area contributed by atoms with Crippen LogP contribution in [0.15, 0.2) is 16.8 Å². The molecule has 7 heteroatoms. The number of hydrogen-bond acceptors (Lipinski definition) is 6. The lowest BCUT2D eigenvalue weighted by atomic mass is 10.2. The molecule has 0 aliphatic carbocycles. The van der Waals surface area contributed by atoms with Crippen LogP contribution in [0.3, 0.4) is 0 Å². The Morgan fingerprint density at radius 1 is 1.78 bits per heavy atom. The molecule has 5 N–H and O–H groups in total. The number of nitrogens with zero attached hydrogens (tertiary/aromatic N) is 1. The van der Waals surface area contributed by atoms with E-state index >= 15 is 0 Å². The molecule has 1 heterocycles. The highest BCUT2D eigenvalue weighted by Gasteiger charge is 2.29. The van der Waals surface area contributed by atoms with Crippen molar-refractivity contribution in [1.29, 1.82) is 0 Å². The Balaban J connectivity index is 2.58. The van der Waals surface area contributed by atoms with Gasteiger partial charge in [0.15, 0.2) is 0 Å². The lowest BCUT2D eigenvalue weighted by molar-refractivity contribution is -0.129. The van der Waals surface area contributed by atoms with E-state index in [2.05, 4.69) is 10.3 Å². The standard InChI is InChI=1S/C11H19N3O3S/c1-7(15)4-8-5-9(10(14-8)11(16)17)18-3-2-13-6-12/h4,7,9,13,15H,2-3,5-6,12H2,1H3,(H,16,17)/b8-4-/t7-,9?/m1/s1. The molecule has 0 fully saturated rings. The number of nitrogens with one attached hydrogen (secondary N) is 1. The summed E-state index contributed by atoms with van der Waals surface area (Å²) < 4.78 is 0. The molecule has 0 amide bonds. The van der Waals surface area contributed by atoms with E-state index in [1.165, 1.54) is 11.8 Å². The van der Waals surface area contributed by atoms with Crippen LogP contribution >= 0.6 is 11.8 Å². The van der Waals surface area contributed by atoms with Gasteiger partial charge in [-0.15, -0.1) is 0 Å². The Hall–Kier alpha value is -0.890. The smallest absolute Gasteiger partial charge is 0.351 e. The van der Waals surface area contributed by atoms with Gasteiger partial charge >= 0.3 is 5.97 Å². The number of aliphatic imine (C=N–C) groups is 1. The molecule has 1 aliphatic rings. The van der Waals surface area contributed by atoms with Crippen molar-refractivity contribution in [3.8, 4) is 0 Å². The van der Waals surface area contributed by atoms with Crippen LogP contribution in [0.5, 0.6) is 0 Å². The number of aliphatic carboxylic acids is 1. The number of carboxylic acids is 1. The fourth-order valence-corrected chi connectivity index (χ4v) is 2.79. The van der Waals surface area contributed by atoms with Crippen LogP contribution in [0.2, 0.25) is 0 Å². The van der Waals surface area contributed by atoms with Gasteiger partial charge in [0, 0.05) is 31.1 Å². The monoisotopic (exact) mass is 273 g/mol. The molecular weight excluding hydrogens is 254 g/mol. The zero-order chi connectivity index (χ0) is 13.5. The second-order valence-electron chi connectivity index (χ2n) is 3.97. The van der Waals surface area contributed by atoms with Gasteiger partial charge in [-0.3, -0.25) is 0 Å². The molecule has 0 spiro atoms. The molecule has 1 unspecified atom stereocenters. The van der Waals surface area contributed by atoms with Crippen LogP contribution in [0, 0.1) is 0 Å². The Morgan fingerprint density at radius 2 is 2.50 bits per heavy atom. The normalized spacial score (nSPS) is 23.2. The van der Waals surface area contributed by atoms with Crippen molar-refractivity contribution in [2.24, 2.45) is 10.7 Å². The lowest BCUT2D eigenvalue weighted by Crippen LogP contribution is -2.27. The van der Waals surface area contributed by atoms with Crippen LogP contribution in [0.25, 0.3) is 0 Å². The molecule has 102 valence electrons. The minimum atomic E-state index is -0.992. The van der Waals surface area contributed by atoms with Crippen LogP contribution < -0.4 is 11.1 Å². The van der Waals surface area contributed by atoms with E-state index in [1.54, 1.807) is 13.0 Å². The molecule has 0 bridgehead atoms. The molecule has 0 aromatic carbocycles. The Morgan fingerprint density at radius 3 is 3.06 bits per heavy atom. The average molecular weight is 273 g/mol. The minimum Gasteiger partial charge on any atom is -0.477 e. The second kappa shape index (κ2) is 7.52. The fourth-order valence-electron chi connectivity index (χ4n) is 1.64. The number of carbonyl (C=O) groups is 1. The summed E-state index contributed by atoms with van der Waals surface area (Å²) in [5.74, 6) is -0.218. The van der Waals surface area contributed by atoms with Crippen molar-refractivity contribution < 1.29 is 15.0 Å². The fraction of sp³-hybridized carbons (Fsp3) is 0.636. The number of aliphatic hydroxyl groups is 1. The topological polar surface area (TPSA) is 108 Å². The maximum absolute atomic E-state index is 11.1. The summed E-state index contributed by atoms with van der Waals surface area (Å²) in [6.07, 6.45) is 1.53. The van der Waals surface area contributed by atoms with Gasteiger partial charge in [0.2, 0.25) is 0 Å². The van der Waals surface area contributed by atoms with E-state index in [1.807, 2.05) is 0 Å². The summed E-state index contributed by atoms with van der Waals surface area (Å²) >= 11 is 1.54. The third kappa shape index (κ3) is 4.77. The van der Waals surface area contributed by atoms with Gasteiger partial charge < -0.3 is 21.3 Å². The van der Waals surface area contributed by atoms with Gasteiger partial charge in [-0.2, -0.15) is 11.8 Å². The summed E-state index contributed by atoms with van der Waals surface area (Å²) in [6, 6.07) is 0. The first kappa shape index (κ1) is 15.2. The van der Waals surface area contributed by atoms with Crippen LogP contribution in [0.1, 0.15) is 13.3 Å². The summed E-state index contributed by atoms with van der Waals surface area (Å²) in [6.45, 7) is 2.77. The molecule has 0 saturated carbocycles. The summed E-state index contributed by atoms with van der Waals surface area (Å²) in [5, 5.41) is 21.1. The van der Waals surface area contributed by atoms with Gasteiger partial charge in [-0.25, -0.2) is 9.79 Å². The highest BCUT2D eigenvalue weighted by atomic mass is 32.2. The molecule has 0 radical (unpaired) electrons. The van der Waals surface area contributed by atoms with Crippen molar-refractivity contribution in [3.05, 3.63) is 11.8 Å². The highest BCUT2D eigenvalue weighted by Crippen LogP contribution is 2.28. The van der Waals surface area contributed by atoms with Crippen molar-refractivity contribution in [3.63, 3.8) is 0 Å². The van der Waals surface area contributed by atoms with E-state index < -0.39 is 12.1 Å². The molecule has 6 nitrogen and oxygen atoms in total. The Bertz CT molecular complexity index is 355. The summed E-state index contributed by atoms with van der Waals surface area (Å²) in [4.78, 5) is 15.1. The second-order valence-corrected chi connectivity index (χ2v) is 5.28. The van der Waals surface area contributed by atoms with Gasteiger partial charge in [0.1, 0.15) is 5.71 Å². The number of thioether (sulfide) groups is 1. The number of nitrogens with two attached hydrogens (primary N) is 1. The summed E-state index contributed by atoms with van der Waals surface area (Å²) in [5.41, 5.74) is 6.11. The van der Waals surface area contributed by atoms with Crippen molar-refractivity contribution in [2.45, 2.75) is 24.7 Å². The van der Waals surface area contributed by atoms with Crippen LogP contribution in [-0.4, -0.2) is 52.2 Å². The van der Waals surface area contributed by atoms with E-state index in [0.29, 0.717) is 18.8 Å². The number of hydrogen-bond donors (Lipinski definition) is 4. The predicted octanol–water partition coefficient (Wildman–Crippen LogP) is -0.212. The van der Waals surface area contributed by atoms with Gasteiger partial charge in [-0.1, -0.05) is 0 Å². The SMILES string of the molecule is C[C@@H](O)/C=C1/CC(SCCNCN)C(C(=O)O)=N1. The highest BCUT2D eigenvalue weighted by molar-refractivity contribution is 8.00. The first-order chi connectivity index (χ1) is 8.54. The maximum atomic E-state index is 11.1. The zero-order valence-corrected chi connectivity index (χ0v) is 11.1. The third-order valence-electron chi connectivity index (χ3n) is 2.36. The van der Waals surface area contributed by atoms with Gasteiger partial charge in [-0.05, 0) is 13.0 Å². The number of rotatable bonds is 7. The first-order valence-electron chi connectivity index (χ1n) is 5.77. The number of allylic oxidation sites excluding steroid dienone is 1. The zero-order valence-electron chi connectivity index (χ0n) is 10.3. The molecule has 0 aromatic rings. The van der Waals surface area contributed by atoms with Gasteiger partial charge in [0.25, 0.3) is 0 Å². The molecule has 2 atom stereocenters. The molecule has 1 rings (SSSR count). The molecular formula is C11H19N3O3S. The quantitative estimate of drug-likeness (QED) is 0.377. The van der Waals surface area contributed by atoms with Gasteiger partial charge in [0.05, 0.1) is 11.4 Å². The third-order valence-corrected chi connectivity index (χ3v) is 3.59. The minimum absolute atomic E-state index is 0.146. The largest absolute Gasteiger partial charge is 0.477 e. The lowest BCUT2D eigenvalue weighted by Gasteiger charge is -2.09. The van der Waals surface area contributed by atoms with Crippen molar-refractivity contribution in [1.82, 2.24) is 5.32 Å².